The number of hydrogen-bond donors (Lipinski definition) is 1. The summed E-state index contributed by atoms with van der Waals surface area (Å²) in [6.07, 6.45) is 0. The quantitative estimate of drug-likeness (QED) is 0.877. The standard InChI is InChI=1S/C14H18N2S/c1-11(14-9-6-10-17-14)15-12-7-4-5-8-13(12)16(2)3/h4-11,15H,1-3H3. The van der Waals surface area contributed by atoms with Crippen molar-refractivity contribution in [2.75, 3.05) is 24.3 Å². The summed E-state index contributed by atoms with van der Waals surface area (Å²) in [7, 11) is 4.13. The molecule has 0 fully saturated rings. The average Bonchev–Trinajstić information content (AvgIpc) is 2.83. The summed E-state index contributed by atoms with van der Waals surface area (Å²) < 4.78 is 0. The lowest BCUT2D eigenvalue weighted by atomic mass is 10.2. The fourth-order valence-electron chi connectivity index (χ4n) is 1.83. The SMILES string of the molecule is CC(Nc1ccccc1N(C)C)c1cccs1. The van der Waals surface area contributed by atoms with Crippen LogP contribution in [0.4, 0.5) is 11.4 Å². The monoisotopic (exact) mass is 246 g/mol. The molecular weight excluding hydrogens is 228 g/mol. The number of benzene rings is 1. The van der Waals surface area contributed by atoms with E-state index < -0.39 is 0 Å². The van der Waals surface area contributed by atoms with Crippen LogP contribution in [0.3, 0.4) is 0 Å². The molecule has 1 heterocycles. The molecule has 0 amide bonds. The normalized spacial score (nSPS) is 12.2. The van der Waals surface area contributed by atoms with Gasteiger partial charge in [0.15, 0.2) is 0 Å². The summed E-state index contributed by atoms with van der Waals surface area (Å²) in [4.78, 5) is 3.49. The molecule has 1 aromatic heterocycles. The Morgan fingerprint density at radius 3 is 2.53 bits per heavy atom. The second-order valence-electron chi connectivity index (χ2n) is 4.29. The Bertz CT molecular complexity index is 463. The molecule has 0 spiro atoms. The van der Waals surface area contributed by atoms with Crippen LogP contribution in [0.5, 0.6) is 0 Å². The van der Waals surface area contributed by atoms with Gasteiger partial charge in [-0.05, 0) is 30.5 Å². The summed E-state index contributed by atoms with van der Waals surface area (Å²) in [5.74, 6) is 0. The fraction of sp³-hybridized carbons (Fsp3) is 0.286. The van der Waals surface area contributed by atoms with Crippen molar-refractivity contribution in [2.24, 2.45) is 0 Å². The predicted octanol–water partition coefficient (Wildman–Crippen LogP) is 3.99. The zero-order valence-corrected chi connectivity index (χ0v) is 11.3. The number of hydrogen-bond acceptors (Lipinski definition) is 3. The van der Waals surface area contributed by atoms with Gasteiger partial charge in [-0.25, -0.2) is 0 Å². The van der Waals surface area contributed by atoms with Crippen LogP contribution >= 0.6 is 11.3 Å². The molecule has 90 valence electrons. The third kappa shape index (κ3) is 2.80. The molecule has 17 heavy (non-hydrogen) atoms. The molecule has 0 aliphatic rings. The van der Waals surface area contributed by atoms with Gasteiger partial charge in [0.25, 0.3) is 0 Å². The first-order valence-corrected chi connectivity index (χ1v) is 6.62. The average molecular weight is 246 g/mol. The highest BCUT2D eigenvalue weighted by atomic mass is 32.1. The fourth-order valence-corrected chi connectivity index (χ4v) is 2.56. The number of nitrogens with zero attached hydrogens (tertiary/aromatic N) is 1. The molecule has 1 aromatic carbocycles. The van der Waals surface area contributed by atoms with Gasteiger partial charge in [-0.3, -0.25) is 0 Å². The summed E-state index contributed by atoms with van der Waals surface area (Å²) in [6, 6.07) is 13.0. The van der Waals surface area contributed by atoms with Gasteiger partial charge >= 0.3 is 0 Å². The van der Waals surface area contributed by atoms with Crippen molar-refractivity contribution in [1.29, 1.82) is 0 Å². The van der Waals surface area contributed by atoms with Crippen LogP contribution < -0.4 is 10.2 Å². The van der Waals surface area contributed by atoms with Gasteiger partial charge in [0.05, 0.1) is 17.4 Å². The molecular formula is C14H18N2S. The lowest BCUT2D eigenvalue weighted by Gasteiger charge is -2.21. The lowest BCUT2D eigenvalue weighted by molar-refractivity contribution is 0.905. The topological polar surface area (TPSA) is 15.3 Å². The third-order valence-electron chi connectivity index (χ3n) is 2.73. The Labute approximate surface area is 107 Å². The van der Waals surface area contributed by atoms with Crippen LogP contribution in [0.1, 0.15) is 17.8 Å². The van der Waals surface area contributed by atoms with Crippen LogP contribution in [-0.2, 0) is 0 Å². The molecule has 0 saturated heterocycles. The van der Waals surface area contributed by atoms with Crippen molar-refractivity contribution in [1.82, 2.24) is 0 Å². The number of anilines is 2. The third-order valence-corrected chi connectivity index (χ3v) is 3.78. The van der Waals surface area contributed by atoms with Gasteiger partial charge in [0.2, 0.25) is 0 Å². The molecule has 0 aliphatic carbocycles. The highest BCUT2D eigenvalue weighted by Crippen LogP contribution is 2.29. The summed E-state index contributed by atoms with van der Waals surface area (Å²) >= 11 is 1.79. The van der Waals surface area contributed by atoms with E-state index in [0.717, 1.165) is 0 Å². The first-order valence-electron chi connectivity index (χ1n) is 5.75. The zero-order chi connectivity index (χ0) is 12.3. The van der Waals surface area contributed by atoms with E-state index in [2.05, 4.69) is 73.0 Å². The van der Waals surface area contributed by atoms with Crippen LogP contribution in [0, 0.1) is 0 Å². The van der Waals surface area contributed by atoms with Crippen molar-refractivity contribution >= 4 is 22.7 Å². The largest absolute Gasteiger partial charge is 0.376 e. The Balaban J connectivity index is 2.18. The molecule has 0 bridgehead atoms. The molecule has 2 nitrogen and oxygen atoms in total. The summed E-state index contributed by atoms with van der Waals surface area (Å²) in [6.45, 7) is 2.19. The maximum absolute atomic E-state index is 3.56. The second kappa shape index (κ2) is 5.23. The van der Waals surface area contributed by atoms with E-state index >= 15 is 0 Å². The minimum Gasteiger partial charge on any atom is -0.376 e. The number of rotatable bonds is 4. The maximum Gasteiger partial charge on any atom is 0.0596 e. The first kappa shape index (κ1) is 12.0. The van der Waals surface area contributed by atoms with Crippen molar-refractivity contribution in [3.05, 3.63) is 46.7 Å². The van der Waals surface area contributed by atoms with Gasteiger partial charge in [-0.15, -0.1) is 11.3 Å². The molecule has 2 aromatic rings. The minimum atomic E-state index is 0.344. The summed E-state index contributed by atoms with van der Waals surface area (Å²) in [5.41, 5.74) is 2.40. The van der Waals surface area contributed by atoms with Crippen LogP contribution in [0.25, 0.3) is 0 Å². The van der Waals surface area contributed by atoms with Crippen LogP contribution in [0.15, 0.2) is 41.8 Å². The molecule has 0 radical (unpaired) electrons. The van der Waals surface area contributed by atoms with E-state index in [1.807, 2.05) is 0 Å². The number of thiophene rings is 1. The van der Waals surface area contributed by atoms with Gasteiger partial charge in [0.1, 0.15) is 0 Å². The van der Waals surface area contributed by atoms with E-state index in [9.17, 15) is 0 Å². The van der Waals surface area contributed by atoms with Gasteiger partial charge in [-0.2, -0.15) is 0 Å². The van der Waals surface area contributed by atoms with Crippen molar-refractivity contribution in [2.45, 2.75) is 13.0 Å². The van der Waals surface area contributed by atoms with Gasteiger partial charge in [0, 0.05) is 19.0 Å². The molecule has 0 saturated carbocycles. The molecule has 1 atom stereocenters. The number of nitrogens with one attached hydrogen (secondary N) is 1. The highest BCUT2D eigenvalue weighted by molar-refractivity contribution is 7.10. The zero-order valence-electron chi connectivity index (χ0n) is 10.5. The minimum absolute atomic E-state index is 0.344. The van der Waals surface area contributed by atoms with E-state index in [1.165, 1.54) is 16.3 Å². The van der Waals surface area contributed by atoms with Crippen molar-refractivity contribution in [3.8, 4) is 0 Å². The van der Waals surface area contributed by atoms with Gasteiger partial charge in [-0.1, -0.05) is 18.2 Å². The van der Waals surface area contributed by atoms with Gasteiger partial charge < -0.3 is 10.2 Å². The second-order valence-corrected chi connectivity index (χ2v) is 5.27. The molecule has 1 N–H and O–H groups in total. The Morgan fingerprint density at radius 2 is 1.88 bits per heavy atom. The van der Waals surface area contributed by atoms with Crippen molar-refractivity contribution < 1.29 is 0 Å². The lowest BCUT2D eigenvalue weighted by Crippen LogP contribution is -2.13. The Hall–Kier alpha value is -1.48. The maximum atomic E-state index is 3.56. The molecule has 0 aliphatic heterocycles. The Morgan fingerprint density at radius 1 is 1.12 bits per heavy atom. The van der Waals surface area contributed by atoms with Crippen LogP contribution in [0.2, 0.25) is 0 Å². The summed E-state index contributed by atoms with van der Waals surface area (Å²) in [5, 5.41) is 5.68. The predicted molar refractivity (Wildman–Crippen MR) is 77.1 cm³/mol. The first-order chi connectivity index (χ1) is 8.18. The molecule has 1 unspecified atom stereocenters. The molecule has 3 heteroatoms. The smallest absolute Gasteiger partial charge is 0.0596 e. The van der Waals surface area contributed by atoms with E-state index in [4.69, 9.17) is 0 Å². The van der Waals surface area contributed by atoms with Crippen LogP contribution in [-0.4, -0.2) is 14.1 Å². The van der Waals surface area contributed by atoms with E-state index in [1.54, 1.807) is 11.3 Å². The van der Waals surface area contributed by atoms with E-state index in [-0.39, 0.29) is 0 Å². The van der Waals surface area contributed by atoms with E-state index in [0.29, 0.717) is 6.04 Å². The highest BCUT2D eigenvalue weighted by Gasteiger charge is 2.09. The van der Waals surface area contributed by atoms with Crippen molar-refractivity contribution in [3.63, 3.8) is 0 Å². The molecule has 2 rings (SSSR count). The number of para-hydroxylation sites is 2. The Kier molecular flexibility index (Phi) is 3.69.